The first-order chi connectivity index (χ1) is 8.78. The highest BCUT2D eigenvalue weighted by Crippen LogP contribution is 2.11. The van der Waals surface area contributed by atoms with E-state index in [0.29, 0.717) is 25.2 Å². The van der Waals surface area contributed by atoms with Crippen LogP contribution in [0.2, 0.25) is 0 Å². The van der Waals surface area contributed by atoms with Crippen LogP contribution in [-0.2, 0) is 9.84 Å². The minimum absolute atomic E-state index is 0.132. The maximum Gasteiger partial charge on any atom is 0.148 e. The molecule has 2 N–H and O–H groups in total. The van der Waals surface area contributed by atoms with Gasteiger partial charge in [0, 0.05) is 18.8 Å². The van der Waals surface area contributed by atoms with Crippen molar-refractivity contribution < 1.29 is 12.8 Å². The summed E-state index contributed by atoms with van der Waals surface area (Å²) in [7, 11) is -1.10. The number of rotatable bonds is 7. The quantitative estimate of drug-likeness (QED) is 0.795. The van der Waals surface area contributed by atoms with Crippen LogP contribution in [-0.4, -0.2) is 50.4 Å². The summed E-state index contributed by atoms with van der Waals surface area (Å²) >= 11 is 0. The third-order valence-electron chi connectivity index (χ3n) is 2.80. The topological polar surface area (TPSA) is 76.3 Å². The standard InChI is InChI=1S/C12H20FN3O2S/c1-16(7-8-19(2,17)18)6-5-11(14)12-4-3-10(13)9-15-12/h3-4,9,11H,5-8,14H2,1-2H3. The van der Waals surface area contributed by atoms with Crippen molar-refractivity contribution >= 4 is 9.84 Å². The van der Waals surface area contributed by atoms with Crippen molar-refractivity contribution in [3.05, 3.63) is 29.8 Å². The van der Waals surface area contributed by atoms with Crippen LogP contribution < -0.4 is 5.73 Å². The molecular formula is C12H20FN3O2S. The fourth-order valence-electron chi connectivity index (χ4n) is 1.55. The van der Waals surface area contributed by atoms with Gasteiger partial charge in [0.1, 0.15) is 15.7 Å². The molecule has 0 fully saturated rings. The second-order valence-corrected chi connectivity index (χ2v) is 6.99. The monoisotopic (exact) mass is 289 g/mol. The van der Waals surface area contributed by atoms with Gasteiger partial charge < -0.3 is 10.6 Å². The molecule has 19 heavy (non-hydrogen) atoms. The summed E-state index contributed by atoms with van der Waals surface area (Å²) in [5.41, 5.74) is 6.58. The summed E-state index contributed by atoms with van der Waals surface area (Å²) in [4.78, 5) is 5.83. The number of sulfone groups is 1. The normalized spacial score (nSPS) is 13.7. The Morgan fingerprint density at radius 2 is 2.11 bits per heavy atom. The van der Waals surface area contributed by atoms with E-state index in [9.17, 15) is 12.8 Å². The van der Waals surface area contributed by atoms with Crippen LogP contribution in [0.25, 0.3) is 0 Å². The first-order valence-corrected chi connectivity index (χ1v) is 8.07. The Bertz CT molecular complexity index is 490. The number of halogens is 1. The molecule has 0 aliphatic rings. The number of hydrogen-bond acceptors (Lipinski definition) is 5. The Labute approximate surface area is 113 Å². The van der Waals surface area contributed by atoms with Crippen LogP contribution in [0, 0.1) is 5.82 Å². The van der Waals surface area contributed by atoms with Gasteiger partial charge in [-0.15, -0.1) is 0 Å². The zero-order chi connectivity index (χ0) is 14.5. The minimum atomic E-state index is -2.94. The van der Waals surface area contributed by atoms with Gasteiger partial charge in [0.15, 0.2) is 0 Å². The van der Waals surface area contributed by atoms with Gasteiger partial charge in [-0.05, 0) is 32.1 Å². The van der Waals surface area contributed by atoms with Gasteiger partial charge in [0.25, 0.3) is 0 Å². The molecule has 0 radical (unpaired) electrons. The summed E-state index contributed by atoms with van der Waals surface area (Å²) in [6, 6.07) is 2.62. The highest BCUT2D eigenvalue weighted by atomic mass is 32.2. The van der Waals surface area contributed by atoms with Crippen LogP contribution >= 0.6 is 0 Å². The lowest BCUT2D eigenvalue weighted by molar-refractivity contribution is 0.334. The van der Waals surface area contributed by atoms with Crippen LogP contribution in [0.15, 0.2) is 18.3 Å². The molecule has 1 atom stereocenters. The third kappa shape index (κ3) is 6.60. The van der Waals surface area contributed by atoms with Gasteiger partial charge in [-0.1, -0.05) is 0 Å². The molecule has 7 heteroatoms. The number of nitrogens with zero attached hydrogens (tertiary/aromatic N) is 2. The zero-order valence-corrected chi connectivity index (χ0v) is 12.0. The van der Waals surface area contributed by atoms with Crippen molar-refractivity contribution in [2.24, 2.45) is 5.73 Å². The Balaban J connectivity index is 2.37. The number of pyridine rings is 1. The first kappa shape index (κ1) is 16.0. The van der Waals surface area contributed by atoms with Crippen molar-refractivity contribution in [3.63, 3.8) is 0 Å². The van der Waals surface area contributed by atoms with E-state index in [0.717, 1.165) is 6.20 Å². The van der Waals surface area contributed by atoms with Gasteiger partial charge in [-0.25, -0.2) is 12.8 Å². The molecule has 0 amide bonds. The molecule has 0 saturated carbocycles. The molecule has 1 unspecified atom stereocenters. The summed E-state index contributed by atoms with van der Waals surface area (Å²) in [5.74, 6) is -0.255. The molecule has 108 valence electrons. The third-order valence-corrected chi connectivity index (χ3v) is 3.72. The number of hydrogen-bond donors (Lipinski definition) is 1. The summed E-state index contributed by atoms with van der Waals surface area (Å²) in [5, 5.41) is 0. The lowest BCUT2D eigenvalue weighted by Gasteiger charge is -2.18. The summed E-state index contributed by atoms with van der Waals surface area (Å²) in [6.45, 7) is 1.14. The average Bonchev–Trinajstić information content (AvgIpc) is 2.33. The van der Waals surface area contributed by atoms with E-state index in [1.807, 2.05) is 11.9 Å². The van der Waals surface area contributed by atoms with Gasteiger partial charge in [-0.2, -0.15) is 0 Å². The number of aromatic nitrogens is 1. The molecule has 0 bridgehead atoms. The minimum Gasteiger partial charge on any atom is -0.323 e. The maximum atomic E-state index is 12.7. The molecule has 0 aliphatic carbocycles. The van der Waals surface area contributed by atoms with E-state index < -0.39 is 9.84 Å². The van der Waals surface area contributed by atoms with Crippen molar-refractivity contribution in [2.45, 2.75) is 12.5 Å². The van der Waals surface area contributed by atoms with E-state index in [1.54, 1.807) is 6.07 Å². The second kappa shape index (κ2) is 6.93. The van der Waals surface area contributed by atoms with E-state index in [1.165, 1.54) is 12.3 Å². The molecule has 0 aromatic carbocycles. The fourth-order valence-corrected chi connectivity index (χ4v) is 2.19. The smallest absolute Gasteiger partial charge is 0.148 e. The van der Waals surface area contributed by atoms with Gasteiger partial charge in [0.2, 0.25) is 0 Å². The van der Waals surface area contributed by atoms with Crippen molar-refractivity contribution in [1.29, 1.82) is 0 Å². The molecule has 0 spiro atoms. The lowest BCUT2D eigenvalue weighted by Crippen LogP contribution is -2.28. The predicted molar refractivity (Wildman–Crippen MR) is 72.9 cm³/mol. The van der Waals surface area contributed by atoms with Crippen LogP contribution in [0.4, 0.5) is 4.39 Å². The molecule has 0 saturated heterocycles. The fraction of sp³-hybridized carbons (Fsp3) is 0.583. The van der Waals surface area contributed by atoms with E-state index in [2.05, 4.69) is 4.98 Å². The van der Waals surface area contributed by atoms with Crippen LogP contribution in [0.1, 0.15) is 18.2 Å². The molecule has 5 nitrogen and oxygen atoms in total. The molecule has 0 aliphatic heterocycles. The van der Waals surface area contributed by atoms with Gasteiger partial charge >= 0.3 is 0 Å². The zero-order valence-electron chi connectivity index (χ0n) is 11.2. The van der Waals surface area contributed by atoms with Crippen molar-refractivity contribution in [3.8, 4) is 0 Å². The summed E-state index contributed by atoms with van der Waals surface area (Å²) < 4.78 is 34.8. The van der Waals surface area contributed by atoms with Gasteiger partial charge in [0.05, 0.1) is 17.6 Å². The molecule has 1 aromatic heterocycles. The lowest BCUT2D eigenvalue weighted by atomic mass is 10.1. The predicted octanol–water partition coefficient (Wildman–Crippen LogP) is 0.587. The molecule has 1 aromatic rings. The Morgan fingerprint density at radius 3 is 2.63 bits per heavy atom. The highest BCUT2D eigenvalue weighted by molar-refractivity contribution is 7.90. The Kier molecular flexibility index (Phi) is 5.84. The number of nitrogens with two attached hydrogens (primary N) is 1. The highest BCUT2D eigenvalue weighted by Gasteiger charge is 2.10. The molecule has 1 rings (SSSR count). The maximum absolute atomic E-state index is 12.7. The van der Waals surface area contributed by atoms with Crippen molar-refractivity contribution in [1.82, 2.24) is 9.88 Å². The molecular weight excluding hydrogens is 269 g/mol. The van der Waals surface area contributed by atoms with E-state index >= 15 is 0 Å². The SMILES string of the molecule is CN(CCC(N)c1ccc(F)cn1)CCS(C)(=O)=O. The van der Waals surface area contributed by atoms with Crippen LogP contribution in [0.3, 0.4) is 0 Å². The molecule has 1 heterocycles. The van der Waals surface area contributed by atoms with Crippen LogP contribution in [0.5, 0.6) is 0 Å². The average molecular weight is 289 g/mol. The van der Waals surface area contributed by atoms with Gasteiger partial charge in [-0.3, -0.25) is 4.98 Å². The Hall–Kier alpha value is -1.05. The summed E-state index contributed by atoms with van der Waals surface area (Å²) in [6.07, 6.45) is 3.00. The largest absolute Gasteiger partial charge is 0.323 e. The Morgan fingerprint density at radius 1 is 1.42 bits per heavy atom. The first-order valence-electron chi connectivity index (χ1n) is 6.01. The van der Waals surface area contributed by atoms with Crippen molar-refractivity contribution in [2.75, 3.05) is 32.1 Å². The second-order valence-electron chi connectivity index (χ2n) is 4.73. The van der Waals surface area contributed by atoms with E-state index in [-0.39, 0.29) is 17.6 Å². The van der Waals surface area contributed by atoms with E-state index in [4.69, 9.17) is 5.73 Å².